The molecule has 0 radical (unpaired) electrons. The zero-order valence-corrected chi connectivity index (χ0v) is 21.6. The van der Waals surface area contributed by atoms with Crippen molar-refractivity contribution in [2.24, 2.45) is 5.18 Å². The Morgan fingerprint density at radius 3 is 2.05 bits per heavy atom. The van der Waals surface area contributed by atoms with Crippen LogP contribution in [0.1, 0.15) is 50.5 Å². The van der Waals surface area contributed by atoms with Crippen molar-refractivity contribution < 1.29 is 38.1 Å². The Hall–Kier alpha value is -3.50. The summed E-state index contributed by atoms with van der Waals surface area (Å²) in [6, 6.07) is 12.6. The van der Waals surface area contributed by atoms with Crippen LogP contribution in [-0.4, -0.2) is 49.1 Å². The van der Waals surface area contributed by atoms with E-state index in [9.17, 15) is 19.3 Å². The van der Waals surface area contributed by atoms with Crippen molar-refractivity contribution in [2.75, 3.05) is 6.61 Å². The molecule has 2 aromatic rings. The van der Waals surface area contributed by atoms with E-state index in [2.05, 4.69) is 5.18 Å². The van der Waals surface area contributed by atoms with Gasteiger partial charge in [-0.3, -0.25) is 14.4 Å². The molecule has 5 atom stereocenters. The van der Waals surface area contributed by atoms with E-state index in [1.165, 1.54) is 6.92 Å². The molecule has 2 aromatic carbocycles. The number of rotatable bonds is 9. The number of halogens is 1. The minimum atomic E-state index is -1.53. The van der Waals surface area contributed by atoms with Gasteiger partial charge in [0, 0.05) is 25.8 Å². The van der Waals surface area contributed by atoms with E-state index in [1.54, 1.807) is 18.2 Å². The van der Waals surface area contributed by atoms with Gasteiger partial charge >= 0.3 is 17.9 Å². The van der Waals surface area contributed by atoms with Crippen LogP contribution in [0, 0.1) is 4.91 Å². The van der Waals surface area contributed by atoms with Gasteiger partial charge in [0.15, 0.2) is 18.3 Å². The topological polar surface area (TPSA) is 127 Å². The highest BCUT2D eigenvalue weighted by atomic mass is 35.5. The van der Waals surface area contributed by atoms with Gasteiger partial charge in [-0.05, 0) is 53.4 Å². The Kier molecular flexibility index (Phi) is 9.60. The predicted molar refractivity (Wildman–Crippen MR) is 132 cm³/mol. The van der Waals surface area contributed by atoms with Gasteiger partial charge in [-0.2, -0.15) is 0 Å². The molecule has 0 N–H and O–H groups in total. The third kappa shape index (κ3) is 7.27. The Labute approximate surface area is 219 Å². The van der Waals surface area contributed by atoms with E-state index in [0.29, 0.717) is 23.6 Å². The summed E-state index contributed by atoms with van der Waals surface area (Å²) in [6.45, 7) is 5.89. The number of carbonyl (C=O) groups is 3. The van der Waals surface area contributed by atoms with Crippen LogP contribution < -0.4 is 4.74 Å². The lowest BCUT2D eigenvalue weighted by atomic mass is 9.91. The summed E-state index contributed by atoms with van der Waals surface area (Å²) >= 11 is 6.47. The molecule has 1 aliphatic heterocycles. The van der Waals surface area contributed by atoms with E-state index in [0.717, 1.165) is 30.7 Å². The van der Waals surface area contributed by atoms with Gasteiger partial charge in [0.25, 0.3) is 0 Å². The molecule has 0 amide bonds. The lowest BCUT2D eigenvalue weighted by molar-refractivity contribution is -0.247. The minimum absolute atomic E-state index is 0.461. The zero-order chi connectivity index (χ0) is 27.1. The number of esters is 3. The van der Waals surface area contributed by atoms with Crippen LogP contribution in [0.15, 0.2) is 47.6 Å². The fraction of sp³-hybridized carbons (Fsp3) is 0.423. The maximum atomic E-state index is 12.0. The Bertz CT molecular complexity index is 1140. The molecule has 0 saturated carbocycles. The lowest BCUT2D eigenvalue weighted by Gasteiger charge is -2.42. The molecular formula is C26H28ClNO9. The standard InChI is InChI=1S/C26H28ClNO9/c1-5-33-20-9-6-17(7-10-20)12-19-13-18(8-11-21(19)27)22-23(34-14(2)29)24(35-15(3)30)25(36-16(4)31)26(28-32)37-22/h6-11,13,22-26H,5,12H2,1-4H3/t22-,23-,24+,25-,26?/m0/s1. The number of carbonyl (C=O) groups excluding carboxylic acids is 3. The normalized spacial score (nSPS) is 23.0. The Balaban J connectivity index is 2.00. The van der Waals surface area contributed by atoms with E-state index in [-0.39, 0.29) is 0 Å². The first-order chi connectivity index (χ1) is 17.6. The van der Waals surface area contributed by atoms with Crippen molar-refractivity contribution in [3.05, 3.63) is 69.1 Å². The van der Waals surface area contributed by atoms with E-state index in [4.69, 9.17) is 35.3 Å². The monoisotopic (exact) mass is 533 g/mol. The van der Waals surface area contributed by atoms with E-state index in [1.807, 2.05) is 31.2 Å². The number of benzene rings is 2. The average Bonchev–Trinajstić information content (AvgIpc) is 2.83. The van der Waals surface area contributed by atoms with Crippen LogP contribution in [0.3, 0.4) is 0 Å². The second-order valence-electron chi connectivity index (χ2n) is 8.38. The number of ether oxygens (including phenoxy) is 5. The molecule has 1 heterocycles. The third-order valence-electron chi connectivity index (χ3n) is 5.55. The summed E-state index contributed by atoms with van der Waals surface area (Å²) in [5, 5.41) is 3.42. The van der Waals surface area contributed by atoms with Gasteiger partial charge in [0.1, 0.15) is 11.9 Å². The summed E-state index contributed by atoms with van der Waals surface area (Å²) in [7, 11) is 0. The van der Waals surface area contributed by atoms with Crippen molar-refractivity contribution in [3.8, 4) is 5.75 Å². The number of hydrogen-bond donors (Lipinski definition) is 0. The molecule has 11 heteroatoms. The molecule has 10 nitrogen and oxygen atoms in total. The second kappa shape index (κ2) is 12.6. The van der Waals surface area contributed by atoms with Gasteiger partial charge < -0.3 is 23.7 Å². The van der Waals surface area contributed by atoms with E-state index >= 15 is 0 Å². The largest absolute Gasteiger partial charge is 0.494 e. The Morgan fingerprint density at radius 1 is 0.892 bits per heavy atom. The first-order valence-corrected chi connectivity index (χ1v) is 12.0. The molecule has 1 aliphatic rings. The van der Waals surface area contributed by atoms with Crippen LogP contribution in [0.25, 0.3) is 0 Å². The van der Waals surface area contributed by atoms with Crippen LogP contribution in [0.2, 0.25) is 5.02 Å². The highest BCUT2D eigenvalue weighted by molar-refractivity contribution is 6.31. The molecule has 0 bridgehead atoms. The maximum absolute atomic E-state index is 12.0. The summed E-state index contributed by atoms with van der Waals surface area (Å²) in [4.78, 5) is 47.3. The van der Waals surface area contributed by atoms with Crippen molar-refractivity contribution >= 4 is 29.5 Å². The average molecular weight is 534 g/mol. The lowest BCUT2D eigenvalue weighted by Crippen LogP contribution is -2.57. The number of nitroso groups, excluding NO2 is 1. The zero-order valence-electron chi connectivity index (χ0n) is 20.8. The van der Waals surface area contributed by atoms with Crippen LogP contribution in [0.4, 0.5) is 0 Å². The SMILES string of the molecule is CCOc1ccc(Cc2cc([C@@H]3OC(N=O)[C@@H](OC(C)=O)[C@H](OC(C)=O)[C@H]3OC(C)=O)ccc2Cl)cc1. The van der Waals surface area contributed by atoms with Crippen LogP contribution >= 0.6 is 11.6 Å². The highest BCUT2D eigenvalue weighted by Crippen LogP contribution is 2.39. The minimum Gasteiger partial charge on any atom is -0.494 e. The van der Waals surface area contributed by atoms with Crippen molar-refractivity contribution in [1.29, 1.82) is 0 Å². The first kappa shape index (κ1) is 28.1. The molecule has 3 rings (SSSR count). The molecule has 0 spiro atoms. The second-order valence-corrected chi connectivity index (χ2v) is 8.79. The quantitative estimate of drug-likeness (QED) is 0.263. The van der Waals surface area contributed by atoms with Gasteiger partial charge in [0.05, 0.1) is 6.61 Å². The highest BCUT2D eigenvalue weighted by Gasteiger charge is 2.53. The van der Waals surface area contributed by atoms with Gasteiger partial charge in [-0.15, -0.1) is 4.91 Å². The Morgan fingerprint density at radius 2 is 1.49 bits per heavy atom. The summed E-state index contributed by atoms with van der Waals surface area (Å²) < 4.78 is 27.4. The molecule has 0 aromatic heterocycles. The fourth-order valence-corrected chi connectivity index (χ4v) is 4.32. The molecule has 198 valence electrons. The summed E-state index contributed by atoms with van der Waals surface area (Å²) in [6.07, 6.45) is -6.17. The summed E-state index contributed by atoms with van der Waals surface area (Å²) in [5.41, 5.74) is 2.18. The van der Waals surface area contributed by atoms with Crippen molar-refractivity contribution in [1.82, 2.24) is 0 Å². The fourth-order valence-electron chi connectivity index (χ4n) is 4.14. The molecule has 1 unspecified atom stereocenters. The number of hydrogen-bond acceptors (Lipinski definition) is 10. The van der Waals surface area contributed by atoms with Gasteiger partial charge in [0.2, 0.25) is 6.23 Å². The number of nitrogens with zero attached hydrogens (tertiary/aromatic N) is 1. The van der Waals surface area contributed by atoms with Crippen LogP contribution in [-0.2, 0) is 39.8 Å². The maximum Gasteiger partial charge on any atom is 0.303 e. The van der Waals surface area contributed by atoms with Gasteiger partial charge in [-0.25, -0.2) is 0 Å². The molecule has 1 saturated heterocycles. The molecular weight excluding hydrogens is 506 g/mol. The van der Waals surface area contributed by atoms with Crippen molar-refractivity contribution in [2.45, 2.75) is 64.8 Å². The van der Waals surface area contributed by atoms with E-state index < -0.39 is 48.6 Å². The first-order valence-electron chi connectivity index (χ1n) is 11.6. The smallest absolute Gasteiger partial charge is 0.303 e. The predicted octanol–water partition coefficient (Wildman–Crippen LogP) is 4.29. The van der Waals surface area contributed by atoms with Gasteiger partial charge in [-0.1, -0.05) is 35.9 Å². The molecule has 1 fully saturated rings. The summed E-state index contributed by atoms with van der Waals surface area (Å²) in [5.74, 6) is -1.45. The third-order valence-corrected chi connectivity index (χ3v) is 5.92. The molecule has 0 aliphatic carbocycles. The molecule has 37 heavy (non-hydrogen) atoms. The van der Waals surface area contributed by atoms with Crippen LogP contribution in [0.5, 0.6) is 5.75 Å². The van der Waals surface area contributed by atoms with Crippen molar-refractivity contribution in [3.63, 3.8) is 0 Å².